The molecule has 2 nitrogen and oxygen atoms in total. The second-order valence-electron chi connectivity index (χ2n) is 4.32. The molecule has 0 radical (unpaired) electrons. The second kappa shape index (κ2) is 5.13. The van der Waals surface area contributed by atoms with E-state index in [-0.39, 0.29) is 11.3 Å². The van der Waals surface area contributed by atoms with Gasteiger partial charge in [0.05, 0.1) is 11.1 Å². The minimum absolute atomic E-state index is 0.0241. The Labute approximate surface area is 123 Å². The number of benzene rings is 2. The number of fused-ring (bicyclic) bond motifs is 1. The van der Waals surface area contributed by atoms with Crippen LogP contribution in [0.1, 0.15) is 16.1 Å². The third-order valence-electron chi connectivity index (χ3n) is 3.01. The first-order chi connectivity index (χ1) is 9.66. The number of hydrogen-bond acceptors (Lipinski definition) is 2. The molecule has 1 aromatic heterocycles. The Morgan fingerprint density at radius 1 is 1.05 bits per heavy atom. The van der Waals surface area contributed by atoms with Crippen LogP contribution in [-0.4, -0.2) is 10.8 Å². The zero-order chi connectivity index (χ0) is 14.1. The maximum atomic E-state index is 13.7. The molecule has 3 rings (SSSR count). The maximum Gasteiger partial charge on any atom is 0.215 e. The predicted molar refractivity (Wildman–Crippen MR) is 79.3 cm³/mol. The van der Waals surface area contributed by atoms with Crippen LogP contribution < -0.4 is 0 Å². The number of carbonyl (C=O) groups is 1. The molecule has 0 bridgehead atoms. The zero-order valence-electron chi connectivity index (χ0n) is 10.3. The Morgan fingerprint density at radius 3 is 2.55 bits per heavy atom. The number of nitrogens with zero attached hydrogens (tertiary/aromatic N) is 1. The summed E-state index contributed by atoms with van der Waals surface area (Å²) < 4.78 is 14.3. The average molecular weight is 330 g/mol. The van der Waals surface area contributed by atoms with Gasteiger partial charge in [0, 0.05) is 9.86 Å². The average Bonchev–Trinajstić information content (AvgIpc) is 2.46. The molecule has 2 aromatic carbocycles. The molecular formula is C16H9BrFNO. The first kappa shape index (κ1) is 12.9. The van der Waals surface area contributed by atoms with Gasteiger partial charge in [-0.15, -0.1) is 0 Å². The monoisotopic (exact) mass is 329 g/mol. The number of hydrogen-bond donors (Lipinski definition) is 0. The van der Waals surface area contributed by atoms with Gasteiger partial charge in [0.1, 0.15) is 11.5 Å². The summed E-state index contributed by atoms with van der Waals surface area (Å²) in [4.78, 5) is 16.7. The van der Waals surface area contributed by atoms with E-state index in [1.807, 2.05) is 30.3 Å². The Morgan fingerprint density at radius 2 is 1.75 bits per heavy atom. The Kier molecular flexibility index (Phi) is 3.32. The summed E-state index contributed by atoms with van der Waals surface area (Å²) >= 11 is 3.33. The Bertz CT molecular complexity index is 816. The van der Waals surface area contributed by atoms with Crippen LogP contribution >= 0.6 is 15.9 Å². The fraction of sp³-hybridized carbons (Fsp3) is 0. The Hall–Kier alpha value is -2.07. The third-order valence-corrected chi connectivity index (χ3v) is 3.62. The SMILES string of the molecule is O=C(c1ccccc1F)c1nc2ccccc2cc1Br. The maximum absolute atomic E-state index is 13.7. The van der Waals surface area contributed by atoms with E-state index < -0.39 is 11.6 Å². The lowest BCUT2D eigenvalue weighted by Crippen LogP contribution is -2.07. The zero-order valence-corrected chi connectivity index (χ0v) is 11.9. The van der Waals surface area contributed by atoms with Crippen molar-refractivity contribution in [1.29, 1.82) is 0 Å². The molecule has 0 aliphatic carbocycles. The van der Waals surface area contributed by atoms with Gasteiger partial charge in [-0.1, -0.05) is 30.3 Å². The topological polar surface area (TPSA) is 30.0 Å². The van der Waals surface area contributed by atoms with E-state index in [0.29, 0.717) is 9.99 Å². The number of halogens is 2. The molecule has 0 fully saturated rings. The standard InChI is InChI=1S/C16H9BrFNO/c17-12-9-10-5-1-4-8-14(10)19-15(12)16(20)11-6-2-3-7-13(11)18/h1-9H. The van der Waals surface area contributed by atoms with Crippen molar-refractivity contribution in [3.05, 3.63) is 76.1 Å². The van der Waals surface area contributed by atoms with Gasteiger partial charge in [0.2, 0.25) is 5.78 Å². The van der Waals surface area contributed by atoms with Gasteiger partial charge in [-0.3, -0.25) is 4.79 Å². The van der Waals surface area contributed by atoms with E-state index in [1.54, 1.807) is 12.1 Å². The number of para-hydroxylation sites is 1. The van der Waals surface area contributed by atoms with Gasteiger partial charge >= 0.3 is 0 Å². The number of aromatic nitrogens is 1. The van der Waals surface area contributed by atoms with E-state index in [0.717, 1.165) is 5.39 Å². The lowest BCUT2D eigenvalue weighted by Gasteiger charge is -2.06. The lowest BCUT2D eigenvalue weighted by atomic mass is 10.1. The summed E-state index contributed by atoms with van der Waals surface area (Å²) in [7, 11) is 0. The molecule has 0 spiro atoms. The molecule has 98 valence electrons. The van der Waals surface area contributed by atoms with Crippen LogP contribution in [0.3, 0.4) is 0 Å². The highest BCUT2D eigenvalue weighted by Crippen LogP contribution is 2.24. The van der Waals surface area contributed by atoms with Crippen LogP contribution in [0.5, 0.6) is 0 Å². The molecule has 0 N–H and O–H groups in total. The highest BCUT2D eigenvalue weighted by Gasteiger charge is 2.18. The van der Waals surface area contributed by atoms with Crippen molar-refractivity contribution >= 4 is 32.6 Å². The molecule has 1 heterocycles. The minimum atomic E-state index is -0.542. The molecule has 0 aliphatic heterocycles. The summed E-state index contributed by atoms with van der Waals surface area (Å²) in [6.07, 6.45) is 0. The van der Waals surface area contributed by atoms with Gasteiger partial charge < -0.3 is 0 Å². The van der Waals surface area contributed by atoms with Crippen LogP contribution in [0.4, 0.5) is 4.39 Å². The largest absolute Gasteiger partial charge is 0.287 e. The predicted octanol–water partition coefficient (Wildman–Crippen LogP) is 4.37. The molecule has 0 atom stereocenters. The van der Waals surface area contributed by atoms with Gasteiger partial charge in [-0.2, -0.15) is 0 Å². The minimum Gasteiger partial charge on any atom is -0.287 e. The van der Waals surface area contributed by atoms with Crippen molar-refractivity contribution in [2.24, 2.45) is 0 Å². The third kappa shape index (κ3) is 2.23. The summed E-state index contributed by atoms with van der Waals surface area (Å²) in [5.74, 6) is -0.972. The second-order valence-corrected chi connectivity index (χ2v) is 5.17. The molecule has 20 heavy (non-hydrogen) atoms. The van der Waals surface area contributed by atoms with Gasteiger partial charge in [-0.05, 0) is 40.2 Å². The van der Waals surface area contributed by atoms with Crippen molar-refractivity contribution < 1.29 is 9.18 Å². The van der Waals surface area contributed by atoms with E-state index in [1.165, 1.54) is 12.1 Å². The Balaban J connectivity index is 2.17. The normalized spacial score (nSPS) is 10.7. The van der Waals surface area contributed by atoms with E-state index in [2.05, 4.69) is 20.9 Å². The number of ketones is 1. The van der Waals surface area contributed by atoms with Crippen molar-refractivity contribution in [3.63, 3.8) is 0 Å². The van der Waals surface area contributed by atoms with Gasteiger partial charge in [0.25, 0.3) is 0 Å². The summed E-state index contributed by atoms with van der Waals surface area (Å²) in [5, 5.41) is 0.921. The van der Waals surface area contributed by atoms with Crippen molar-refractivity contribution in [3.8, 4) is 0 Å². The van der Waals surface area contributed by atoms with Crippen molar-refractivity contribution in [2.75, 3.05) is 0 Å². The molecule has 4 heteroatoms. The highest BCUT2D eigenvalue weighted by atomic mass is 79.9. The van der Waals surface area contributed by atoms with Gasteiger partial charge in [0.15, 0.2) is 0 Å². The number of rotatable bonds is 2. The summed E-state index contributed by atoms with van der Waals surface area (Å²) in [5.41, 5.74) is 0.945. The summed E-state index contributed by atoms with van der Waals surface area (Å²) in [6.45, 7) is 0. The highest BCUT2D eigenvalue weighted by molar-refractivity contribution is 9.10. The van der Waals surface area contributed by atoms with Crippen LogP contribution in [0.25, 0.3) is 10.9 Å². The molecule has 3 aromatic rings. The van der Waals surface area contributed by atoms with Crippen LogP contribution in [0, 0.1) is 5.82 Å². The summed E-state index contributed by atoms with van der Waals surface area (Å²) in [6, 6.07) is 15.2. The van der Waals surface area contributed by atoms with E-state index in [4.69, 9.17) is 0 Å². The van der Waals surface area contributed by atoms with E-state index >= 15 is 0 Å². The first-order valence-electron chi connectivity index (χ1n) is 6.01. The first-order valence-corrected chi connectivity index (χ1v) is 6.80. The fourth-order valence-electron chi connectivity index (χ4n) is 2.02. The molecule has 0 saturated heterocycles. The van der Waals surface area contributed by atoms with Crippen LogP contribution in [0.15, 0.2) is 59.1 Å². The van der Waals surface area contributed by atoms with Crippen LogP contribution in [0.2, 0.25) is 0 Å². The van der Waals surface area contributed by atoms with Gasteiger partial charge in [-0.25, -0.2) is 9.37 Å². The quantitative estimate of drug-likeness (QED) is 0.653. The number of carbonyl (C=O) groups excluding carboxylic acids is 1. The van der Waals surface area contributed by atoms with Crippen LogP contribution in [-0.2, 0) is 0 Å². The molecule has 0 saturated carbocycles. The smallest absolute Gasteiger partial charge is 0.215 e. The van der Waals surface area contributed by atoms with Crippen molar-refractivity contribution in [1.82, 2.24) is 4.98 Å². The molecule has 0 unspecified atom stereocenters. The molecule has 0 aliphatic rings. The van der Waals surface area contributed by atoms with E-state index in [9.17, 15) is 9.18 Å². The van der Waals surface area contributed by atoms with Crippen molar-refractivity contribution in [2.45, 2.75) is 0 Å². The molecular weight excluding hydrogens is 321 g/mol. The molecule has 0 amide bonds. The fourth-order valence-corrected chi connectivity index (χ4v) is 2.54. The number of pyridine rings is 1. The lowest BCUT2D eigenvalue weighted by molar-refractivity contribution is 0.103.